The maximum atomic E-state index is 12.4. The summed E-state index contributed by atoms with van der Waals surface area (Å²) in [5.41, 5.74) is 3.88. The summed E-state index contributed by atoms with van der Waals surface area (Å²) >= 11 is 6.09. The lowest BCUT2D eigenvalue weighted by Gasteiger charge is -2.24. The van der Waals surface area contributed by atoms with Crippen LogP contribution >= 0.6 is 11.6 Å². The van der Waals surface area contributed by atoms with E-state index in [1.165, 1.54) is 6.08 Å². The summed E-state index contributed by atoms with van der Waals surface area (Å²) in [7, 11) is 0. The number of nitrogens with zero attached hydrogens (tertiary/aromatic N) is 3. The Balaban J connectivity index is 1.44. The maximum Gasteiger partial charge on any atom is 0.250 e. The molecule has 0 fully saturated rings. The molecule has 0 spiro atoms. The standard InChI is InChI=1S/C26H20ClN5O/c27-21-14-12-20(13-15-21)23-17-22(19-9-5-2-6-10-19)28-26-30-25(31-32(23)26)29-24(33)16-11-18-7-3-1-4-8-18/h1-17,23H,(H2,28,29,30,31,33). The van der Waals surface area contributed by atoms with Gasteiger partial charge >= 0.3 is 0 Å². The Kier molecular flexibility index (Phi) is 5.74. The third-order valence-corrected chi connectivity index (χ3v) is 5.48. The number of allylic oxidation sites excluding steroid dienone is 1. The van der Waals surface area contributed by atoms with Gasteiger partial charge in [-0.1, -0.05) is 84.4 Å². The van der Waals surface area contributed by atoms with Crippen LogP contribution < -0.4 is 10.6 Å². The molecule has 3 aromatic carbocycles. The second-order valence-electron chi connectivity index (χ2n) is 7.50. The normalized spacial score (nSPS) is 14.9. The fraction of sp³-hybridized carbons (Fsp3) is 0.0385. The summed E-state index contributed by atoms with van der Waals surface area (Å²) in [6, 6.07) is 27.0. The molecule has 0 saturated heterocycles. The summed E-state index contributed by atoms with van der Waals surface area (Å²) in [6.45, 7) is 0. The molecule has 162 valence electrons. The van der Waals surface area contributed by atoms with Crippen LogP contribution in [0, 0.1) is 0 Å². The van der Waals surface area contributed by atoms with Crippen LogP contribution in [0.2, 0.25) is 5.02 Å². The number of hydrogen-bond donors (Lipinski definition) is 2. The van der Waals surface area contributed by atoms with E-state index in [0.717, 1.165) is 22.4 Å². The largest absolute Gasteiger partial charge is 0.324 e. The van der Waals surface area contributed by atoms with Crippen LogP contribution in [0.4, 0.5) is 11.9 Å². The molecule has 2 heterocycles. The van der Waals surface area contributed by atoms with Crippen molar-refractivity contribution >= 4 is 41.2 Å². The number of nitrogens with one attached hydrogen (secondary N) is 2. The summed E-state index contributed by atoms with van der Waals surface area (Å²) < 4.78 is 1.76. The first-order valence-corrected chi connectivity index (χ1v) is 10.8. The van der Waals surface area contributed by atoms with Crippen molar-refractivity contribution in [3.8, 4) is 0 Å². The van der Waals surface area contributed by atoms with Gasteiger partial charge in [-0.05, 0) is 41.0 Å². The molecule has 2 N–H and O–H groups in total. The molecule has 33 heavy (non-hydrogen) atoms. The van der Waals surface area contributed by atoms with E-state index < -0.39 is 0 Å². The highest BCUT2D eigenvalue weighted by atomic mass is 35.5. The zero-order valence-electron chi connectivity index (χ0n) is 17.5. The predicted molar refractivity (Wildman–Crippen MR) is 132 cm³/mol. The van der Waals surface area contributed by atoms with Gasteiger partial charge in [0.1, 0.15) is 6.04 Å². The van der Waals surface area contributed by atoms with E-state index in [9.17, 15) is 4.79 Å². The Morgan fingerprint density at radius 2 is 1.67 bits per heavy atom. The first-order chi connectivity index (χ1) is 16.2. The van der Waals surface area contributed by atoms with E-state index in [1.54, 1.807) is 10.8 Å². The van der Waals surface area contributed by atoms with Crippen molar-refractivity contribution in [3.05, 3.63) is 119 Å². The van der Waals surface area contributed by atoms with E-state index in [2.05, 4.69) is 26.8 Å². The van der Waals surface area contributed by atoms with Crippen LogP contribution in [0.3, 0.4) is 0 Å². The van der Waals surface area contributed by atoms with Crippen molar-refractivity contribution in [1.82, 2.24) is 14.8 Å². The van der Waals surface area contributed by atoms with Crippen LogP contribution in [0.5, 0.6) is 0 Å². The smallest absolute Gasteiger partial charge is 0.250 e. The lowest BCUT2D eigenvalue weighted by atomic mass is 10.0. The van der Waals surface area contributed by atoms with Gasteiger partial charge in [0, 0.05) is 16.8 Å². The van der Waals surface area contributed by atoms with Crippen LogP contribution in [0.15, 0.2) is 97.1 Å². The topological polar surface area (TPSA) is 71.8 Å². The highest BCUT2D eigenvalue weighted by Crippen LogP contribution is 2.33. The van der Waals surface area contributed by atoms with Gasteiger partial charge in [-0.15, -0.1) is 5.10 Å². The van der Waals surface area contributed by atoms with Crippen molar-refractivity contribution in [1.29, 1.82) is 0 Å². The lowest BCUT2D eigenvalue weighted by molar-refractivity contribution is -0.111. The Hall–Kier alpha value is -4.16. The number of fused-ring (bicyclic) bond motifs is 1. The van der Waals surface area contributed by atoms with E-state index in [0.29, 0.717) is 11.0 Å². The lowest BCUT2D eigenvalue weighted by Crippen LogP contribution is -2.20. The molecule has 1 aromatic heterocycles. The highest BCUT2D eigenvalue weighted by molar-refractivity contribution is 6.30. The number of amides is 1. The van der Waals surface area contributed by atoms with E-state index in [-0.39, 0.29) is 17.9 Å². The molecule has 0 saturated carbocycles. The predicted octanol–water partition coefficient (Wildman–Crippen LogP) is 5.64. The number of carbonyl (C=O) groups excluding carboxylic acids is 1. The molecule has 1 aliphatic heterocycles. The summed E-state index contributed by atoms with van der Waals surface area (Å²) in [5.74, 6) is 0.460. The second kappa shape index (κ2) is 9.14. The maximum absolute atomic E-state index is 12.4. The number of halogens is 1. The third-order valence-electron chi connectivity index (χ3n) is 5.22. The zero-order valence-corrected chi connectivity index (χ0v) is 18.3. The number of carbonyl (C=O) groups is 1. The fourth-order valence-electron chi connectivity index (χ4n) is 3.62. The first kappa shape index (κ1) is 20.7. The SMILES string of the molecule is O=C(C=Cc1ccccc1)Nc1nc2n(n1)C(c1ccc(Cl)cc1)C=C(c1ccccc1)N2. The third kappa shape index (κ3) is 4.71. The Bertz CT molecular complexity index is 1330. The minimum absolute atomic E-state index is 0.216. The van der Waals surface area contributed by atoms with Crippen molar-refractivity contribution < 1.29 is 4.79 Å². The monoisotopic (exact) mass is 453 g/mol. The summed E-state index contributed by atoms with van der Waals surface area (Å²) in [4.78, 5) is 17.0. The van der Waals surface area contributed by atoms with Crippen molar-refractivity contribution in [2.24, 2.45) is 0 Å². The number of aromatic nitrogens is 3. The molecule has 1 aliphatic rings. The molecule has 7 heteroatoms. The van der Waals surface area contributed by atoms with Crippen LogP contribution in [-0.2, 0) is 4.79 Å². The summed E-state index contributed by atoms with van der Waals surface area (Å²) in [6.07, 6.45) is 5.30. The average molecular weight is 454 g/mol. The molecule has 5 rings (SSSR count). The number of anilines is 2. The Labute approximate surface area is 196 Å². The number of hydrogen-bond acceptors (Lipinski definition) is 4. The van der Waals surface area contributed by atoms with Gasteiger partial charge in [0.2, 0.25) is 5.95 Å². The molecule has 1 atom stereocenters. The van der Waals surface area contributed by atoms with Crippen molar-refractivity contribution in [2.45, 2.75) is 6.04 Å². The fourth-order valence-corrected chi connectivity index (χ4v) is 3.74. The minimum atomic E-state index is -0.305. The van der Waals surface area contributed by atoms with Crippen molar-refractivity contribution in [2.75, 3.05) is 10.6 Å². The molecule has 0 aliphatic carbocycles. The van der Waals surface area contributed by atoms with Crippen LogP contribution in [0.25, 0.3) is 11.8 Å². The van der Waals surface area contributed by atoms with Crippen LogP contribution in [0.1, 0.15) is 22.7 Å². The quantitative estimate of drug-likeness (QED) is 0.383. The van der Waals surface area contributed by atoms with E-state index >= 15 is 0 Å². The van der Waals surface area contributed by atoms with Gasteiger partial charge in [0.25, 0.3) is 11.9 Å². The van der Waals surface area contributed by atoms with Gasteiger partial charge in [0.15, 0.2) is 0 Å². The minimum Gasteiger partial charge on any atom is -0.324 e. The Morgan fingerprint density at radius 1 is 0.970 bits per heavy atom. The number of benzene rings is 3. The molecule has 4 aromatic rings. The van der Waals surface area contributed by atoms with E-state index in [4.69, 9.17) is 11.6 Å². The molecule has 6 nitrogen and oxygen atoms in total. The molecule has 0 radical (unpaired) electrons. The van der Waals surface area contributed by atoms with Gasteiger partial charge < -0.3 is 5.32 Å². The first-order valence-electron chi connectivity index (χ1n) is 10.5. The zero-order chi connectivity index (χ0) is 22.6. The van der Waals surface area contributed by atoms with Crippen molar-refractivity contribution in [3.63, 3.8) is 0 Å². The Morgan fingerprint density at radius 3 is 2.39 bits per heavy atom. The van der Waals surface area contributed by atoms with E-state index in [1.807, 2.05) is 84.9 Å². The second-order valence-corrected chi connectivity index (χ2v) is 7.94. The molecule has 1 amide bonds. The van der Waals surface area contributed by atoms with Crippen LogP contribution in [-0.4, -0.2) is 20.7 Å². The van der Waals surface area contributed by atoms with Gasteiger partial charge in [-0.25, -0.2) is 4.68 Å². The van der Waals surface area contributed by atoms with Gasteiger partial charge in [-0.2, -0.15) is 4.98 Å². The molecular weight excluding hydrogens is 434 g/mol. The summed E-state index contributed by atoms with van der Waals surface area (Å²) in [5, 5.41) is 11.3. The highest BCUT2D eigenvalue weighted by Gasteiger charge is 2.25. The van der Waals surface area contributed by atoms with Gasteiger partial charge in [-0.3, -0.25) is 10.1 Å². The average Bonchev–Trinajstić information content (AvgIpc) is 3.26. The number of rotatable bonds is 5. The molecular formula is C26H20ClN5O. The molecule has 0 bridgehead atoms. The molecule has 1 unspecified atom stereocenters. The van der Waals surface area contributed by atoms with Gasteiger partial charge in [0.05, 0.1) is 0 Å².